The van der Waals surface area contributed by atoms with Crippen LogP contribution in [-0.2, 0) is 6.54 Å². The molecule has 2 nitrogen and oxygen atoms in total. The molecule has 104 valence electrons. The average Bonchev–Trinajstić information content (AvgIpc) is 3.25. The summed E-state index contributed by atoms with van der Waals surface area (Å²) in [6.07, 6.45) is 5.75. The Morgan fingerprint density at radius 2 is 1.79 bits per heavy atom. The minimum atomic E-state index is 0.916. The van der Waals surface area contributed by atoms with E-state index in [1.165, 1.54) is 44.3 Å². The predicted octanol–water partition coefficient (Wildman–Crippen LogP) is 4.08. The van der Waals surface area contributed by atoms with Gasteiger partial charge in [0.2, 0.25) is 0 Å². The summed E-state index contributed by atoms with van der Waals surface area (Å²) < 4.78 is 6.35. The minimum absolute atomic E-state index is 0.916. The van der Waals surface area contributed by atoms with Gasteiger partial charge in [-0.2, -0.15) is 0 Å². The van der Waals surface area contributed by atoms with Crippen LogP contribution in [0.15, 0.2) is 22.7 Å². The molecule has 0 N–H and O–H groups in total. The van der Waals surface area contributed by atoms with Crippen LogP contribution in [0.4, 0.5) is 0 Å². The third-order valence-corrected chi connectivity index (χ3v) is 4.67. The summed E-state index contributed by atoms with van der Waals surface area (Å²) in [5, 5.41) is 0. The van der Waals surface area contributed by atoms with E-state index < -0.39 is 0 Å². The Balaban J connectivity index is 1.63. The average molecular weight is 324 g/mol. The normalized spacial score (nSPS) is 18.9. The Morgan fingerprint density at radius 1 is 1.16 bits per heavy atom. The summed E-state index contributed by atoms with van der Waals surface area (Å²) in [6.45, 7) is 3.66. The van der Waals surface area contributed by atoms with Gasteiger partial charge in [-0.3, -0.25) is 4.90 Å². The molecule has 0 unspecified atom stereocenters. The van der Waals surface area contributed by atoms with Crippen molar-refractivity contribution in [2.45, 2.75) is 32.2 Å². The lowest BCUT2D eigenvalue weighted by Crippen LogP contribution is -2.27. The van der Waals surface area contributed by atoms with Gasteiger partial charge in [-0.05, 0) is 71.1 Å². The molecule has 0 radical (unpaired) electrons. The summed E-state index contributed by atoms with van der Waals surface area (Å²) in [6, 6.07) is 6.45. The molecule has 0 amide bonds. The lowest BCUT2D eigenvalue weighted by Gasteiger charge is -2.22. The van der Waals surface area contributed by atoms with Crippen LogP contribution in [-0.4, -0.2) is 25.1 Å². The van der Waals surface area contributed by atoms with Crippen molar-refractivity contribution in [1.82, 2.24) is 4.90 Å². The number of hydrogen-bond acceptors (Lipinski definition) is 2. The lowest BCUT2D eigenvalue weighted by molar-refractivity contribution is 0.244. The summed E-state index contributed by atoms with van der Waals surface area (Å²) in [4.78, 5) is 2.66. The van der Waals surface area contributed by atoms with E-state index in [1.807, 2.05) is 0 Å². The van der Waals surface area contributed by atoms with Crippen molar-refractivity contribution >= 4 is 15.9 Å². The Morgan fingerprint density at radius 3 is 2.26 bits per heavy atom. The van der Waals surface area contributed by atoms with Crippen molar-refractivity contribution in [3.8, 4) is 5.75 Å². The highest BCUT2D eigenvalue weighted by Gasteiger charge is 2.29. The van der Waals surface area contributed by atoms with Crippen LogP contribution in [0.1, 0.15) is 31.2 Å². The van der Waals surface area contributed by atoms with E-state index in [1.54, 1.807) is 7.11 Å². The molecule has 1 aromatic rings. The molecule has 3 heteroatoms. The fraction of sp³-hybridized carbons (Fsp3) is 0.625. The van der Waals surface area contributed by atoms with Gasteiger partial charge in [0.25, 0.3) is 0 Å². The van der Waals surface area contributed by atoms with Gasteiger partial charge in [-0.25, -0.2) is 0 Å². The molecule has 0 saturated heterocycles. The van der Waals surface area contributed by atoms with Gasteiger partial charge in [0.15, 0.2) is 0 Å². The molecule has 0 aliphatic heterocycles. The Bertz CT molecular complexity index is 426. The van der Waals surface area contributed by atoms with Crippen molar-refractivity contribution in [1.29, 1.82) is 0 Å². The van der Waals surface area contributed by atoms with E-state index in [4.69, 9.17) is 4.74 Å². The first-order chi connectivity index (χ1) is 9.24. The zero-order valence-corrected chi connectivity index (χ0v) is 13.2. The van der Waals surface area contributed by atoms with E-state index in [-0.39, 0.29) is 0 Å². The maximum Gasteiger partial charge on any atom is 0.133 e. The number of benzene rings is 1. The van der Waals surface area contributed by atoms with Crippen molar-refractivity contribution in [2.75, 3.05) is 20.2 Å². The van der Waals surface area contributed by atoms with Gasteiger partial charge in [-0.15, -0.1) is 0 Å². The number of hydrogen-bond donors (Lipinski definition) is 0. The fourth-order valence-electron chi connectivity index (χ4n) is 2.60. The fourth-order valence-corrected chi connectivity index (χ4v) is 3.19. The molecule has 0 aromatic heterocycles. The molecular weight excluding hydrogens is 302 g/mol. The summed E-state index contributed by atoms with van der Waals surface area (Å²) in [5.41, 5.74) is 1.38. The van der Waals surface area contributed by atoms with Gasteiger partial charge in [0.1, 0.15) is 5.75 Å². The monoisotopic (exact) mass is 323 g/mol. The summed E-state index contributed by atoms with van der Waals surface area (Å²) in [7, 11) is 1.71. The van der Waals surface area contributed by atoms with Crippen molar-refractivity contribution in [2.24, 2.45) is 11.8 Å². The zero-order chi connectivity index (χ0) is 13.2. The van der Waals surface area contributed by atoms with E-state index in [0.29, 0.717) is 0 Å². The number of rotatable bonds is 7. The number of halogens is 1. The van der Waals surface area contributed by atoms with E-state index in [0.717, 1.165) is 28.6 Å². The Kier molecular flexibility index (Phi) is 4.13. The zero-order valence-electron chi connectivity index (χ0n) is 11.6. The first-order valence-corrected chi connectivity index (χ1v) is 8.08. The SMILES string of the molecule is COc1ccc(CN(CC2CC2)CC2CC2)cc1Br. The number of methoxy groups -OCH3 is 1. The molecule has 1 aromatic carbocycles. The molecule has 2 aliphatic carbocycles. The quantitative estimate of drug-likeness (QED) is 0.749. The molecule has 2 saturated carbocycles. The molecule has 19 heavy (non-hydrogen) atoms. The van der Waals surface area contributed by atoms with Gasteiger partial charge >= 0.3 is 0 Å². The van der Waals surface area contributed by atoms with Crippen molar-refractivity contribution in [3.63, 3.8) is 0 Å². The smallest absolute Gasteiger partial charge is 0.133 e. The second-order valence-electron chi connectivity index (χ2n) is 6.05. The summed E-state index contributed by atoms with van der Waals surface area (Å²) >= 11 is 3.58. The highest BCUT2D eigenvalue weighted by atomic mass is 79.9. The molecule has 0 heterocycles. The Labute approximate surface area is 124 Å². The van der Waals surface area contributed by atoms with E-state index in [9.17, 15) is 0 Å². The van der Waals surface area contributed by atoms with Crippen molar-refractivity contribution in [3.05, 3.63) is 28.2 Å². The van der Waals surface area contributed by atoms with Gasteiger partial charge < -0.3 is 4.74 Å². The third-order valence-electron chi connectivity index (χ3n) is 4.05. The predicted molar refractivity (Wildman–Crippen MR) is 81.4 cm³/mol. The molecular formula is C16H22BrNO. The molecule has 0 atom stereocenters. The van der Waals surface area contributed by atoms with Crippen LogP contribution in [0.25, 0.3) is 0 Å². The highest BCUT2D eigenvalue weighted by Crippen LogP contribution is 2.34. The number of ether oxygens (including phenoxy) is 1. The van der Waals surface area contributed by atoms with E-state index in [2.05, 4.69) is 39.0 Å². The van der Waals surface area contributed by atoms with Gasteiger partial charge in [0.05, 0.1) is 11.6 Å². The maximum absolute atomic E-state index is 5.29. The highest BCUT2D eigenvalue weighted by molar-refractivity contribution is 9.10. The maximum atomic E-state index is 5.29. The van der Waals surface area contributed by atoms with Gasteiger partial charge in [0, 0.05) is 19.6 Å². The van der Waals surface area contributed by atoms with Crippen molar-refractivity contribution < 1.29 is 4.74 Å². The minimum Gasteiger partial charge on any atom is -0.496 e. The van der Waals surface area contributed by atoms with Crippen LogP contribution in [0.3, 0.4) is 0 Å². The molecule has 0 spiro atoms. The van der Waals surface area contributed by atoms with Crippen LogP contribution >= 0.6 is 15.9 Å². The Hall–Kier alpha value is -0.540. The summed E-state index contributed by atoms with van der Waals surface area (Å²) in [5.74, 6) is 2.86. The molecule has 2 aliphatic rings. The first-order valence-electron chi connectivity index (χ1n) is 7.29. The topological polar surface area (TPSA) is 12.5 Å². The second kappa shape index (κ2) is 5.84. The van der Waals surface area contributed by atoms with Crippen LogP contribution < -0.4 is 4.74 Å². The van der Waals surface area contributed by atoms with Crippen LogP contribution in [0.5, 0.6) is 5.75 Å². The second-order valence-corrected chi connectivity index (χ2v) is 6.90. The number of nitrogens with zero attached hydrogens (tertiary/aromatic N) is 1. The molecule has 0 bridgehead atoms. The first kappa shape index (κ1) is 13.4. The molecule has 2 fully saturated rings. The van der Waals surface area contributed by atoms with Gasteiger partial charge in [-0.1, -0.05) is 6.07 Å². The third kappa shape index (κ3) is 3.96. The molecule has 3 rings (SSSR count). The largest absolute Gasteiger partial charge is 0.496 e. The lowest BCUT2D eigenvalue weighted by atomic mass is 10.2. The van der Waals surface area contributed by atoms with Crippen LogP contribution in [0, 0.1) is 11.8 Å². The standard InChI is InChI=1S/C16H22BrNO/c1-19-16-7-6-14(8-15(16)17)11-18(9-12-2-3-12)10-13-4-5-13/h6-8,12-13H,2-5,9-11H2,1H3. The van der Waals surface area contributed by atoms with Crippen LogP contribution in [0.2, 0.25) is 0 Å². The van der Waals surface area contributed by atoms with E-state index >= 15 is 0 Å².